The predicted octanol–water partition coefficient (Wildman–Crippen LogP) is 3.77. The molecule has 2 nitrogen and oxygen atoms in total. The molecule has 1 aliphatic heterocycles. The van der Waals surface area contributed by atoms with Gasteiger partial charge < -0.3 is 5.73 Å². The molecule has 1 aromatic rings. The Morgan fingerprint density at radius 3 is 2.82 bits per heavy atom. The molecule has 0 aromatic carbocycles. The van der Waals surface area contributed by atoms with E-state index < -0.39 is 0 Å². The molecule has 2 atom stereocenters. The van der Waals surface area contributed by atoms with E-state index >= 15 is 0 Å². The van der Waals surface area contributed by atoms with Crippen molar-refractivity contribution in [3.05, 3.63) is 20.8 Å². The van der Waals surface area contributed by atoms with Crippen molar-refractivity contribution in [2.24, 2.45) is 5.73 Å². The van der Waals surface area contributed by atoms with E-state index in [9.17, 15) is 0 Å². The van der Waals surface area contributed by atoms with Crippen LogP contribution in [0.1, 0.15) is 44.0 Å². The summed E-state index contributed by atoms with van der Waals surface area (Å²) < 4.78 is 1.18. The Kier molecular flexibility index (Phi) is 4.64. The molecule has 1 saturated heterocycles. The van der Waals surface area contributed by atoms with Crippen LogP contribution in [0.15, 0.2) is 15.9 Å². The Morgan fingerprint density at radius 1 is 1.47 bits per heavy atom. The van der Waals surface area contributed by atoms with Crippen molar-refractivity contribution in [3.63, 3.8) is 0 Å². The molecular formula is C13H21BrN2S. The minimum Gasteiger partial charge on any atom is -0.326 e. The molecule has 2 rings (SSSR count). The summed E-state index contributed by atoms with van der Waals surface area (Å²) in [5, 5.41) is 2.16. The van der Waals surface area contributed by atoms with Crippen LogP contribution in [0, 0.1) is 0 Å². The second kappa shape index (κ2) is 5.83. The zero-order chi connectivity index (χ0) is 12.4. The minimum absolute atomic E-state index is 0.269. The topological polar surface area (TPSA) is 29.3 Å². The van der Waals surface area contributed by atoms with Crippen LogP contribution >= 0.6 is 27.3 Å². The third-order valence-corrected chi connectivity index (χ3v) is 5.27. The van der Waals surface area contributed by atoms with Crippen molar-refractivity contribution < 1.29 is 0 Å². The van der Waals surface area contributed by atoms with Gasteiger partial charge in [-0.3, -0.25) is 4.90 Å². The second-order valence-electron chi connectivity index (χ2n) is 5.10. The number of thiophene rings is 1. The monoisotopic (exact) mass is 316 g/mol. The Hall–Kier alpha value is 0.1000. The highest BCUT2D eigenvalue weighted by atomic mass is 79.9. The van der Waals surface area contributed by atoms with Gasteiger partial charge in [0, 0.05) is 26.8 Å². The first kappa shape index (κ1) is 13.5. The first-order valence-electron chi connectivity index (χ1n) is 6.35. The van der Waals surface area contributed by atoms with Crippen molar-refractivity contribution in [2.75, 3.05) is 6.54 Å². The average molecular weight is 317 g/mol. The zero-order valence-electron chi connectivity index (χ0n) is 10.5. The number of halogens is 1. The zero-order valence-corrected chi connectivity index (χ0v) is 12.9. The third kappa shape index (κ3) is 3.11. The van der Waals surface area contributed by atoms with E-state index in [1.165, 1.54) is 28.7 Å². The SMILES string of the molecule is CC(C)N1CCCCC(N)C1c1cc(Br)cs1. The minimum atomic E-state index is 0.269. The molecule has 2 heterocycles. The Labute approximate surface area is 116 Å². The maximum Gasteiger partial charge on any atom is 0.0596 e. The highest BCUT2D eigenvalue weighted by Gasteiger charge is 2.31. The smallest absolute Gasteiger partial charge is 0.0596 e. The molecule has 2 unspecified atom stereocenters. The van der Waals surface area contributed by atoms with Crippen LogP contribution in [-0.4, -0.2) is 23.5 Å². The van der Waals surface area contributed by atoms with Gasteiger partial charge in [0.15, 0.2) is 0 Å². The van der Waals surface area contributed by atoms with Crippen molar-refractivity contribution in [2.45, 2.75) is 51.2 Å². The van der Waals surface area contributed by atoms with Gasteiger partial charge in [-0.2, -0.15) is 0 Å². The van der Waals surface area contributed by atoms with Crippen LogP contribution in [0.4, 0.5) is 0 Å². The molecule has 17 heavy (non-hydrogen) atoms. The van der Waals surface area contributed by atoms with Gasteiger partial charge in [-0.05, 0) is 55.2 Å². The fraction of sp³-hybridized carbons (Fsp3) is 0.692. The molecule has 1 aliphatic rings. The molecule has 0 saturated carbocycles. The molecule has 2 N–H and O–H groups in total. The number of rotatable bonds is 2. The molecule has 0 spiro atoms. The fourth-order valence-electron chi connectivity index (χ4n) is 2.65. The highest BCUT2D eigenvalue weighted by Crippen LogP contribution is 2.35. The summed E-state index contributed by atoms with van der Waals surface area (Å²) in [5.41, 5.74) is 6.40. The van der Waals surface area contributed by atoms with E-state index in [2.05, 4.69) is 46.1 Å². The quantitative estimate of drug-likeness (QED) is 0.899. The largest absolute Gasteiger partial charge is 0.326 e. The van der Waals surface area contributed by atoms with Crippen LogP contribution in [0.3, 0.4) is 0 Å². The second-order valence-corrected chi connectivity index (χ2v) is 6.96. The lowest BCUT2D eigenvalue weighted by Gasteiger charge is -2.35. The van der Waals surface area contributed by atoms with Gasteiger partial charge in [0.2, 0.25) is 0 Å². The van der Waals surface area contributed by atoms with Crippen LogP contribution < -0.4 is 5.73 Å². The lowest BCUT2D eigenvalue weighted by Crippen LogP contribution is -2.42. The number of nitrogens with two attached hydrogens (primary N) is 1. The number of nitrogens with zero attached hydrogens (tertiary/aromatic N) is 1. The maximum absolute atomic E-state index is 6.40. The first-order valence-corrected chi connectivity index (χ1v) is 8.02. The summed E-state index contributed by atoms with van der Waals surface area (Å²) in [6, 6.07) is 3.46. The van der Waals surface area contributed by atoms with E-state index in [-0.39, 0.29) is 6.04 Å². The van der Waals surface area contributed by atoms with Gasteiger partial charge in [0.05, 0.1) is 6.04 Å². The molecule has 1 fully saturated rings. The van der Waals surface area contributed by atoms with Gasteiger partial charge in [-0.1, -0.05) is 6.42 Å². The summed E-state index contributed by atoms with van der Waals surface area (Å²) in [6.07, 6.45) is 3.67. The predicted molar refractivity (Wildman–Crippen MR) is 78.4 cm³/mol. The summed E-state index contributed by atoms with van der Waals surface area (Å²) >= 11 is 5.37. The Morgan fingerprint density at radius 2 is 2.24 bits per heavy atom. The van der Waals surface area contributed by atoms with Crippen LogP contribution in [0.2, 0.25) is 0 Å². The fourth-order valence-corrected chi connectivity index (χ4v) is 4.29. The number of hydrogen-bond donors (Lipinski definition) is 1. The lowest BCUT2D eigenvalue weighted by molar-refractivity contribution is 0.146. The van der Waals surface area contributed by atoms with Crippen molar-refractivity contribution in [1.29, 1.82) is 0 Å². The van der Waals surface area contributed by atoms with Crippen LogP contribution in [0.25, 0.3) is 0 Å². The van der Waals surface area contributed by atoms with E-state index in [0.717, 1.165) is 6.42 Å². The molecule has 1 aromatic heterocycles. The molecule has 96 valence electrons. The Bertz CT molecular complexity index is 364. The molecule has 0 radical (unpaired) electrons. The Balaban J connectivity index is 2.29. The molecule has 4 heteroatoms. The normalized spacial score (nSPS) is 27.4. The number of hydrogen-bond acceptors (Lipinski definition) is 3. The summed E-state index contributed by atoms with van der Waals surface area (Å²) in [5.74, 6) is 0. The maximum atomic E-state index is 6.40. The lowest BCUT2D eigenvalue weighted by atomic mass is 10.0. The van der Waals surface area contributed by atoms with E-state index in [1.54, 1.807) is 0 Å². The van der Waals surface area contributed by atoms with Crippen LogP contribution in [0.5, 0.6) is 0 Å². The molecule has 0 bridgehead atoms. The van der Waals surface area contributed by atoms with Crippen molar-refractivity contribution in [1.82, 2.24) is 4.90 Å². The van der Waals surface area contributed by atoms with Gasteiger partial charge in [0.1, 0.15) is 0 Å². The van der Waals surface area contributed by atoms with Gasteiger partial charge >= 0.3 is 0 Å². The highest BCUT2D eigenvalue weighted by molar-refractivity contribution is 9.10. The summed E-state index contributed by atoms with van der Waals surface area (Å²) in [4.78, 5) is 3.97. The number of likely N-dealkylation sites (tertiary alicyclic amines) is 1. The third-order valence-electron chi connectivity index (χ3n) is 3.51. The average Bonchev–Trinajstić information content (AvgIpc) is 2.58. The van der Waals surface area contributed by atoms with Crippen LogP contribution in [-0.2, 0) is 0 Å². The van der Waals surface area contributed by atoms with E-state index in [1.807, 2.05) is 11.3 Å². The summed E-state index contributed by atoms with van der Waals surface area (Å²) in [7, 11) is 0. The van der Waals surface area contributed by atoms with Crippen molar-refractivity contribution in [3.8, 4) is 0 Å². The first-order chi connectivity index (χ1) is 8.09. The molecular weight excluding hydrogens is 296 g/mol. The van der Waals surface area contributed by atoms with Gasteiger partial charge in [-0.15, -0.1) is 11.3 Å². The molecule has 0 aliphatic carbocycles. The van der Waals surface area contributed by atoms with Gasteiger partial charge in [-0.25, -0.2) is 0 Å². The molecule has 0 amide bonds. The standard InChI is InChI=1S/C13H21BrN2S/c1-9(2)16-6-4-3-5-11(15)13(16)12-7-10(14)8-17-12/h7-9,11,13H,3-6,15H2,1-2H3. The van der Waals surface area contributed by atoms with E-state index in [4.69, 9.17) is 5.73 Å². The van der Waals surface area contributed by atoms with E-state index in [0.29, 0.717) is 12.1 Å². The summed E-state index contributed by atoms with van der Waals surface area (Å²) in [6.45, 7) is 5.72. The van der Waals surface area contributed by atoms with Gasteiger partial charge in [0.25, 0.3) is 0 Å². The van der Waals surface area contributed by atoms with Crippen molar-refractivity contribution >= 4 is 27.3 Å².